The van der Waals surface area contributed by atoms with Crippen LogP contribution < -0.4 is 0 Å². The Kier molecular flexibility index (Phi) is 4.21. The zero-order valence-corrected chi connectivity index (χ0v) is 20.8. The number of hydrogen-bond acceptors (Lipinski definition) is 3. The van der Waals surface area contributed by atoms with Gasteiger partial charge in [-0.2, -0.15) is 0 Å². The largest absolute Gasteiger partial charge is 0.415 e. The zero-order chi connectivity index (χ0) is 30.9. The lowest BCUT2D eigenvalue weighted by atomic mass is 9.92. The summed E-state index contributed by atoms with van der Waals surface area (Å²) in [5.74, 6) is -0.918. The van der Waals surface area contributed by atoms with E-state index in [2.05, 4.69) is 4.90 Å². The quantitative estimate of drug-likeness (QED) is 0.399. The van der Waals surface area contributed by atoms with Gasteiger partial charge in [0.1, 0.15) is 5.54 Å². The van der Waals surface area contributed by atoms with Crippen molar-refractivity contribution in [2.24, 2.45) is 5.41 Å². The van der Waals surface area contributed by atoms with E-state index < -0.39 is 35.9 Å². The summed E-state index contributed by atoms with van der Waals surface area (Å²) in [5, 5.41) is 0.522. The highest BCUT2D eigenvalue weighted by molar-refractivity contribution is 6.30. The third kappa shape index (κ3) is 4.71. The number of nitrogens with zero attached hydrogens (tertiary/aromatic N) is 2. The van der Waals surface area contributed by atoms with E-state index in [1.807, 2.05) is 26.0 Å². The lowest BCUT2D eigenvalue weighted by Gasteiger charge is -2.54. The molecule has 1 fully saturated rings. The molecule has 0 radical (unpaired) electrons. The van der Waals surface area contributed by atoms with Gasteiger partial charge >= 0.3 is 5.97 Å². The van der Waals surface area contributed by atoms with Gasteiger partial charge in [-0.3, -0.25) is 14.2 Å². The van der Waals surface area contributed by atoms with Crippen LogP contribution in [-0.2, 0) is 9.53 Å². The van der Waals surface area contributed by atoms with Crippen LogP contribution in [-0.4, -0.2) is 54.2 Å². The molecule has 2 aliphatic rings. The molecule has 0 amide bonds. The summed E-state index contributed by atoms with van der Waals surface area (Å²) in [7, 11) is 0. The minimum atomic E-state index is -2.44. The van der Waals surface area contributed by atoms with Gasteiger partial charge in [-0.05, 0) is 69.9 Å². The Hall–Kier alpha value is -1.88. The molecular weight excluding hydrogens is 432 g/mol. The third-order valence-corrected chi connectivity index (χ3v) is 7.33. The van der Waals surface area contributed by atoms with Crippen molar-refractivity contribution in [2.45, 2.75) is 58.5 Å². The van der Waals surface area contributed by atoms with Crippen molar-refractivity contribution in [3.05, 3.63) is 70.1 Å². The number of ether oxygens (including phenoxy) is 1. The van der Waals surface area contributed by atoms with Crippen LogP contribution in [0.25, 0.3) is 0 Å². The number of piperazine rings is 1. The van der Waals surface area contributed by atoms with E-state index in [1.54, 1.807) is 26.8 Å². The van der Waals surface area contributed by atoms with Gasteiger partial charge in [-0.25, -0.2) is 0 Å². The lowest BCUT2D eigenvalue weighted by Crippen LogP contribution is -2.70. The minimum absolute atomic E-state index is 0.201. The van der Waals surface area contributed by atoms with Crippen molar-refractivity contribution in [1.82, 2.24) is 4.90 Å². The maximum atomic E-state index is 12.6. The molecule has 1 heterocycles. The van der Waals surface area contributed by atoms with Crippen molar-refractivity contribution in [3.8, 4) is 0 Å². The molecule has 4 nitrogen and oxygen atoms in total. The van der Waals surface area contributed by atoms with E-state index in [4.69, 9.17) is 27.3 Å². The highest BCUT2D eigenvalue weighted by Crippen LogP contribution is 2.48. The number of halogens is 1. The Bertz CT molecular complexity index is 1350. The number of rotatable bonds is 4. The molecule has 1 saturated heterocycles. The summed E-state index contributed by atoms with van der Waals surface area (Å²) in [4.78, 5) is 14.8. The van der Waals surface area contributed by atoms with Crippen LogP contribution in [0.1, 0.15) is 80.7 Å². The average Bonchev–Trinajstić information content (AvgIpc) is 3.22. The molecule has 0 unspecified atom stereocenters. The molecular formula is C28H38ClN2O2+. The predicted molar refractivity (Wildman–Crippen MR) is 134 cm³/mol. The fraction of sp³-hybridized carbons (Fsp3) is 0.536. The normalized spacial score (nSPS) is 31.1. The number of carbonyl (C=O) groups is 1. The first-order valence-electron chi connectivity index (χ1n) is 15.4. The van der Waals surface area contributed by atoms with Gasteiger partial charge in [-0.1, -0.05) is 47.9 Å². The van der Waals surface area contributed by atoms with Gasteiger partial charge in [-0.15, -0.1) is 0 Å². The third-order valence-electron chi connectivity index (χ3n) is 7.10. The number of carbonyl (C=O) groups excluding carboxylic acids is 1. The van der Waals surface area contributed by atoms with Crippen molar-refractivity contribution < 1.29 is 25.0 Å². The molecule has 3 atom stereocenters. The standard InChI is InChI=1S/C28H38ClN2O2/c1-27(2,3)26(32)33-19-31(6)15-14-30(18-28(31,4)5)25-17-23(20-10-8-7-9-11-20)22-13-12-21(29)16-24(22)25/h7-13,16,23,25H,14-15,17-19H2,1-6H3/q+1/t23-,25+,31-/m0/s1/i6D3,7D,8D,9D,10D,11D. The summed E-state index contributed by atoms with van der Waals surface area (Å²) >= 11 is 6.42. The van der Waals surface area contributed by atoms with E-state index in [1.165, 1.54) is 0 Å². The fourth-order valence-electron chi connectivity index (χ4n) is 4.89. The predicted octanol–water partition coefficient (Wildman–Crippen LogP) is 6.00. The molecule has 1 aliphatic heterocycles. The van der Waals surface area contributed by atoms with Gasteiger partial charge in [0.15, 0.2) is 0 Å². The molecule has 2 aromatic rings. The molecule has 33 heavy (non-hydrogen) atoms. The Labute approximate surface area is 215 Å². The van der Waals surface area contributed by atoms with Gasteiger partial charge in [0.05, 0.1) is 36.4 Å². The smallest absolute Gasteiger partial charge is 0.315 e. The molecule has 4 rings (SSSR count). The Morgan fingerprint density at radius 2 is 2.00 bits per heavy atom. The van der Waals surface area contributed by atoms with Gasteiger partial charge < -0.3 is 4.74 Å². The summed E-state index contributed by atoms with van der Waals surface area (Å²) in [5.41, 5.74) is 0.376. The summed E-state index contributed by atoms with van der Waals surface area (Å²) in [6.07, 6.45) is 0.451. The monoisotopic (exact) mass is 477 g/mol. The Balaban J connectivity index is 1.72. The van der Waals surface area contributed by atoms with E-state index in [9.17, 15) is 4.79 Å². The SMILES string of the molecule is [2H]c1c([2H])c([2H])c([C@@H]2C[C@@H](N3CC[N@+](COC(=O)C(C)(C)C)(C([2H])([2H])[2H])C(C)(C)C3)c3cc(Cl)ccc32)c([2H])c1[2H]. The molecule has 2 aromatic carbocycles. The Morgan fingerprint density at radius 3 is 2.64 bits per heavy atom. The highest BCUT2D eigenvalue weighted by atomic mass is 35.5. The molecule has 1 aliphatic carbocycles. The Morgan fingerprint density at radius 1 is 1.27 bits per heavy atom. The van der Waals surface area contributed by atoms with Crippen molar-refractivity contribution >= 4 is 17.6 Å². The molecule has 0 aromatic heterocycles. The highest BCUT2D eigenvalue weighted by Gasteiger charge is 2.49. The molecule has 0 saturated carbocycles. The summed E-state index contributed by atoms with van der Waals surface area (Å²) in [6.45, 7) is 7.17. The number of fused-ring (bicyclic) bond motifs is 1. The van der Waals surface area contributed by atoms with Crippen LogP contribution in [0.5, 0.6) is 0 Å². The second-order valence-corrected chi connectivity index (χ2v) is 11.3. The number of esters is 1. The zero-order valence-electron chi connectivity index (χ0n) is 28.0. The van der Waals surface area contributed by atoms with E-state index >= 15 is 0 Å². The van der Waals surface area contributed by atoms with Crippen molar-refractivity contribution in [1.29, 1.82) is 0 Å². The minimum Gasteiger partial charge on any atom is -0.415 e. The van der Waals surface area contributed by atoms with E-state index in [0.717, 1.165) is 11.1 Å². The second-order valence-electron chi connectivity index (χ2n) is 10.9. The first kappa shape index (κ1) is 15.9. The van der Waals surface area contributed by atoms with Crippen molar-refractivity contribution in [3.63, 3.8) is 0 Å². The van der Waals surface area contributed by atoms with Crippen LogP contribution in [0.3, 0.4) is 0 Å². The van der Waals surface area contributed by atoms with Gasteiger partial charge in [0.2, 0.25) is 6.73 Å². The van der Waals surface area contributed by atoms with E-state index in [0.29, 0.717) is 24.5 Å². The van der Waals surface area contributed by atoms with E-state index in [-0.39, 0.29) is 53.5 Å². The first-order chi connectivity index (χ1) is 18.7. The molecule has 0 spiro atoms. The van der Waals surface area contributed by atoms with Crippen LogP contribution >= 0.6 is 11.6 Å². The summed E-state index contributed by atoms with van der Waals surface area (Å²) < 4.78 is 72.3. The topological polar surface area (TPSA) is 29.5 Å². The van der Waals surface area contributed by atoms with Crippen LogP contribution in [0.15, 0.2) is 48.4 Å². The first-order valence-corrected chi connectivity index (χ1v) is 11.8. The molecule has 178 valence electrons. The second kappa shape index (κ2) is 8.72. The van der Waals surface area contributed by atoms with Gasteiger partial charge in [0, 0.05) is 23.5 Å². The number of hydrogen-bond donors (Lipinski definition) is 0. The van der Waals surface area contributed by atoms with Crippen LogP contribution in [0.2, 0.25) is 5.02 Å². The maximum Gasteiger partial charge on any atom is 0.315 e. The number of quaternary nitrogens is 1. The average molecular weight is 478 g/mol. The molecule has 0 N–H and O–H groups in total. The maximum absolute atomic E-state index is 12.6. The van der Waals surface area contributed by atoms with Crippen molar-refractivity contribution in [2.75, 3.05) is 33.3 Å². The number of benzene rings is 2. The number of likely N-dealkylation sites (N-methyl/N-ethyl adjacent to an activating group) is 1. The molecule has 0 bridgehead atoms. The lowest BCUT2D eigenvalue weighted by molar-refractivity contribution is -0.974. The summed E-state index contributed by atoms with van der Waals surface area (Å²) in [6, 6.07) is 3.61. The fourth-order valence-corrected chi connectivity index (χ4v) is 5.07. The molecule has 5 heteroatoms. The van der Waals surface area contributed by atoms with Crippen LogP contribution in [0, 0.1) is 5.41 Å². The van der Waals surface area contributed by atoms with Gasteiger partial charge in [0.25, 0.3) is 0 Å². The van der Waals surface area contributed by atoms with Crippen LogP contribution in [0.4, 0.5) is 0 Å².